The van der Waals surface area contributed by atoms with Gasteiger partial charge in [-0.15, -0.1) is 5.10 Å². The zero-order valence-corrected chi connectivity index (χ0v) is 16.7. The van der Waals surface area contributed by atoms with Crippen LogP contribution in [0.5, 0.6) is 0 Å². The fourth-order valence-corrected chi connectivity index (χ4v) is 3.49. The number of nitrogens with zero attached hydrogens (tertiary/aromatic N) is 4. The topological polar surface area (TPSA) is 84.6 Å². The average Bonchev–Trinajstić information content (AvgIpc) is 3.04. The number of hydrogen-bond acceptors (Lipinski definition) is 6. The van der Waals surface area contributed by atoms with E-state index in [2.05, 4.69) is 20.4 Å². The van der Waals surface area contributed by atoms with Crippen molar-refractivity contribution in [2.75, 3.05) is 18.5 Å². The zero-order valence-electron chi connectivity index (χ0n) is 15.9. The summed E-state index contributed by atoms with van der Waals surface area (Å²) in [5, 5.41) is 18.0. The van der Waals surface area contributed by atoms with Crippen LogP contribution in [0.2, 0.25) is 5.02 Å². The molecule has 1 aliphatic rings. The van der Waals surface area contributed by atoms with Gasteiger partial charge in [0.25, 0.3) is 0 Å². The van der Waals surface area contributed by atoms with Crippen LogP contribution in [0, 0.1) is 0 Å². The smallest absolute Gasteiger partial charge is 0.389 e. The van der Waals surface area contributed by atoms with Crippen molar-refractivity contribution in [3.05, 3.63) is 41.2 Å². The molecule has 0 bridgehead atoms. The quantitative estimate of drug-likeness (QED) is 0.642. The predicted octanol–water partition coefficient (Wildman–Crippen LogP) is 3.67. The van der Waals surface area contributed by atoms with Crippen LogP contribution in [-0.2, 0) is 4.74 Å². The van der Waals surface area contributed by atoms with E-state index in [0.29, 0.717) is 35.0 Å². The van der Waals surface area contributed by atoms with Gasteiger partial charge in [-0.2, -0.15) is 13.2 Å². The number of hydrogen-bond donors (Lipinski definition) is 2. The molecule has 0 amide bonds. The maximum Gasteiger partial charge on any atom is 0.395 e. The Morgan fingerprint density at radius 3 is 2.77 bits per heavy atom. The van der Waals surface area contributed by atoms with Gasteiger partial charge in [-0.05, 0) is 31.0 Å². The molecule has 3 aromatic heterocycles. The maximum atomic E-state index is 12.9. The largest absolute Gasteiger partial charge is 0.395 e. The van der Waals surface area contributed by atoms with E-state index in [0.717, 1.165) is 6.92 Å². The number of fused-ring (bicyclic) bond motifs is 1. The Morgan fingerprint density at radius 1 is 1.30 bits per heavy atom. The van der Waals surface area contributed by atoms with E-state index >= 15 is 0 Å². The summed E-state index contributed by atoms with van der Waals surface area (Å²) in [6, 6.07) is 4.28. The van der Waals surface area contributed by atoms with Crippen LogP contribution in [0.3, 0.4) is 0 Å². The summed E-state index contributed by atoms with van der Waals surface area (Å²) < 4.78 is 45.5. The summed E-state index contributed by atoms with van der Waals surface area (Å²) in [5.41, 5.74) is 1.54. The first kappa shape index (κ1) is 20.8. The minimum atomic E-state index is -4.34. The van der Waals surface area contributed by atoms with Crippen molar-refractivity contribution in [1.29, 1.82) is 0 Å². The number of halogens is 4. The van der Waals surface area contributed by atoms with Gasteiger partial charge in [-0.25, -0.2) is 9.50 Å². The molecule has 0 radical (unpaired) electrons. The van der Waals surface area contributed by atoms with Gasteiger partial charge in [-0.3, -0.25) is 4.98 Å². The van der Waals surface area contributed by atoms with Crippen molar-refractivity contribution < 1.29 is 23.0 Å². The molecule has 2 N–H and O–H groups in total. The number of aliphatic hydroxyl groups is 1. The Morgan fingerprint density at radius 2 is 2.10 bits per heavy atom. The van der Waals surface area contributed by atoms with E-state index in [1.807, 2.05) is 0 Å². The number of aromatic nitrogens is 4. The van der Waals surface area contributed by atoms with Gasteiger partial charge < -0.3 is 15.2 Å². The first-order chi connectivity index (χ1) is 14.2. The number of pyridine rings is 1. The Labute approximate surface area is 174 Å². The average molecular weight is 442 g/mol. The fraction of sp³-hybridized carbons (Fsp3) is 0.421. The van der Waals surface area contributed by atoms with Gasteiger partial charge in [0.05, 0.1) is 47.3 Å². The lowest BCUT2D eigenvalue weighted by Gasteiger charge is -2.28. The molecule has 160 valence electrons. The van der Waals surface area contributed by atoms with E-state index < -0.39 is 18.2 Å². The van der Waals surface area contributed by atoms with Gasteiger partial charge in [0.2, 0.25) is 5.95 Å². The maximum absolute atomic E-state index is 12.9. The van der Waals surface area contributed by atoms with Crippen LogP contribution >= 0.6 is 11.6 Å². The molecule has 1 aliphatic heterocycles. The van der Waals surface area contributed by atoms with E-state index in [-0.39, 0.29) is 24.2 Å². The van der Waals surface area contributed by atoms with Crippen molar-refractivity contribution in [3.63, 3.8) is 0 Å². The van der Waals surface area contributed by atoms with Crippen LogP contribution in [0.25, 0.3) is 16.9 Å². The highest BCUT2D eigenvalue weighted by molar-refractivity contribution is 6.34. The second kappa shape index (κ2) is 8.01. The molecule has 0 saturated carbocycles. The monoisotopic (exact) mass is 441 g/mol. The number of nitrogens with one attached hydrogen (secondary N) is 1. The molecule has 1 fully saturated rings. The van der Waals surface area contributed by atoms with E-state index in [4.69, 9.17) is 16.3 Å². The van der Waals surface area contributed by atoms with Gasteiger partial charge >= 0.3 is 6.18 Å². The molecule has 3 atom stereocenters. The molecular weight excluding hydrogens is 423 g/mol. The Bertz CT molecular complexity index is 1040. The standard InChI is InChI=1S/C19H19ClF3N5O2/c1-10(19(21,22)23)11-2-3-13(24-7-11)15-6-12(20)16-8-25-18(27-28(15)16)26-14-4-5-30-9-17(14)29/h2-3,6-8,10,14,17,29H,4-5,9H2,1H3,(H,26,27)/t10-,14-,17-/m1/s1. The van der Waals surface area contributed by atoms with Crippen LogP contribution in [0.15, 0.2) is 30.6 Å². The minimum Gasteiger partial charge on any atom is -0.389 e. The van der Waals surface area contributed by atoms with E-state index in [9.17, 15) is 18.3 Å². The van der Waals surface area contributed by atoms with Crippen molar-refractivity contribution in [2.24, 2.45) is 0 Å². The normalized spacial score (nSPS) is 21.0. The number of aliphatic hydroxyl groups excluding tert-OH is 1. The lowest BCUT2D eigenvalue weighted by atomic mass is 10.0. The van der Waals surface area contributed by atoms with Crippen molar-refractivity contribution >= 4 is 23.1 Å². The van der Waals surface area contributed by atoms with Crippen molar-refractivity contribution in [2.45, 2.75) is 37.6 Å². The van der Waals surface area contributed by atoms with Crippen LogP contribution < -0.4 is 5.32 Å². The summed E-state index contributed by atoms with van der Waals surface area (Å²) in [4.78, 5) is 8.43. The molecule has 30 heavy (non-hydrogen) atoms. The molecular formula is C19H19ClF3N5O2. The van der Waals surface area contributed by atoms with Gasteiger partial charge in [-0.1, -0.05) is 17.7 Å². The molecule has 0 unspecified atom stereocenters. The lowest BCUT2D eigenvalue weighted by Crippen LogP contribution is -2.42. The van der Waals surface area contributed by atoms with Crippen molar-refractivity contribution in [3.8, 4) is 11.4 Å². The lowest BCUT2D eigenvalue weighted by molar-refractivity contribution is -0.146. The van der Waals surface area contributed by atoms with E-state index in [1.165, 1.54) is 29.0 Å². The molecule has 0 aromatic carbocycles. The highest BCUT2D eigenvalue weighted by Crippen LogP contribution is 2.35. The summed E-state index contributed by atoms with van der Waals surface area (Å²) in [6.07, 6.45) is -1.68. The molecule has 11 heteroatoms. The summed E-state index contributed by atoms with van der Waals surface area (Å²) >= 11 is 6.28. The molecule has 3 aromatic rings. The highest BCUT2D eigenvalue weighted by Gasteiger charge is 2.37. The second-order valence-electron chi connectivity index (χ2n) is 7.18. The third-order valence-electron chi connectivity index (χ3n) is 5.15. The Balaban J connectivity index is 1.65. The third-order valence-corrected chi connectivity index (χ3v) is 5.45. The van der Waals surface area contributed by atoms with E-state index in [1.54, 1.807) is 6.07 Å². The Hall–Kier alpha value is -2.43. The molecule has 0 spiro atoms. The van der Waals surface area contributed by atoms with Crippen LogP contribution in [0.1, 0.15) is 24.8 Å². The highest BCUT2D eigenvalue weighted by atomic mass is 35.5. The molecule has 0 aliphatic carbocycles. The second-order valence-corrected chi connectivity index (χ2v) is 7.59. The van der Waals surface area contributed by atoms with Gasteiger partial charge in [0.15, 0.2) is 0 Å². The SMILES string of the molecule is C[C@H](c1ccc(-c2cc(Cl)c3cnc(N[C@@H]4CCOC[C@H]4O)nn23)nc1)C(F)(F)F. The van der Waals surface area contributed by atoms with Crippen LogP contribution in [0.4, 0.5) is 19.1 Å². The number of ether oxygens (including phenoxy) is 1. The van der Waals surface area contributed by atoms with Gasteiger partial charge in [0.1, 0.15) is 5.52 Å². The van der Waals surface area contributed by atoms with Gasteiger partial charge in [0, 0.05) is 12.8 Å². The predicted molar refractivity (Wildman–Crippen MR) is 105 cm³/mol. The first-order valence-corrected chi connectivity index (χ1v) is 9.71. The summed E-state index contributed by atoms with van der Waals surface area (Å²) in [6.45, 7) is 1.84. The van der Waals surface area contributed by atoms with Crippen molar-refractivity contribution in [1.82, 2.24) is 19.6 Å². The minimum absolute atomic E-state index is 0.0729. The molecule has 1 saturated heterocycles. The molecule has 4 rings (SSSR count). The summed E-state index contributed by atoms with van der Waals surface area (Å²) in [7, 11) is 0. The number of rotatable bonds is 4. The third kappa shape index (κ3) is 4.07. The van der Waals surface area contributed by atoms with Crippen LogP contribution in [-0.4, -0.2) is 56.2 Å². The first-order valence-electron chi connectivity index (χ1n) is 9.33. The molecule has 7 nitrogen and oxygen atoms in total. The Kier molecular flexibility index (Phi) is 5.56. The fourth-order valence-electron chi connectivity index (χ4n) is 3.26. The number of alkyl halides is 3. The zero-order chi connectivity index (χ0) is 21.5. The summed E-state index contributed by atoms with van der Waals surface area (Å²) in [5.74, 6) is -1.33. The molecule has 4 heterocycles. The number of anilines is 1.